The van der Waals surface area contributed by atoms with Crippen LogP contribution in [0.5, 0.6) is 0 Å². The molecule has 1 fully saturated rings. The Morgan fingerprint density at radius 2 is 2.13 bits per heavy atom. The number of hydrogen-bond acceptors (Lipinski definition) is 5. The van der Waals surface area contributed by atoms with Gasteiger partial charge in [0.1, 0.15) is 6.10 Å². The SMILES string of the molecule is CCCCC(F)(F)C(=O)C=CC1C(OC(C)OCC)CC2OC(=O)CCCC=CCC21. The molecule has 1 heterocycles. The van der Waals surface area contributed by atoms with Gasteiger partial charge in [-0.1, -0.05) is 31.6 Å². The molecule has 0 bridgehead atoms. The van der Waals surface area contributed by atoms with E-state index in [1.54, 1.807) is 6.92 Å². The molecule has 0 aromatic rings. The monoisotopic (exact) mass is 442 g/mol. The van der Waals surface area contributed by atoms with Gasteiger partial charge in [-0.3, -0.25) is 9.59 Å². The molecule has 0 amide bonds. The number of fused-ring (bicyclic) bond motifs is 1. The molecular weight excluding hydrogens is 406 g/mol. The minimum Gasteiger partial charge on any atom is -0.462 e. The minimum atomic E-state index is -3.37. The fourth-order valence-corrected chi connectivity index (χ4v) is 4.27. The van der Waals surface area contributed by atoms with E-state index in [1.165, 1.54) is 6.08 Å². The van der Waals surface area contributed by atoms with Crippen molar-refractivity contribution in [3.63, 3.8) is 0 Å². The number of unbranched alkanes of at least 4 members (excludes halogenated alkanes) is 1. The van der Waals surface area contributed by atoms with Gasteiger partial charge in [0.15, 0.2) is 6.29 Å². The second-order valence-corrected chi connectivity index (χ2v) is 8.33. The molecule has 2 aliphatic rings. The Morgan fingerprint density at radius 1 is 1.35 bits per heavy atom. The van der Waals surface area contributed by atoms with Crippen molar-refractivity contribution < 1.29 is 32.6 Å². The molecule has 0 N–H and O–H groups in total. The summed E-state index contributed by atoms with van der Waals surface area (Å²) in [5, 5.41) is 0. The zero-order valence-electron chi connectivity index (χ0n) is 18.9. The summed E-state index contributed by atoms with van der Waals surface area (Å²) in [6.45, 7) is 5.92. The van der Waals surface area contributed by atoms with Gasteiger partial charge in [-0.25, -0.2) is 0 Å². The lowest BCUT2D eigenvalue weighted by Crippen LogP contribution is -2.29. The predicted octanol–water partition coefficient (Wildman–Crippen LogP) is 5.38. The van der Waals surface area contributed by atoms with Crippen molar-refractivity contribution in [2.75, 3.05) is 6.61 Å². The first-order valence-electron chi connectivity index (χ1n) is 11.5. The highest BCUT2D eigenvalue weighted by molar-refractivity contribution is 5.95. The number of ketones is 1. The van der Waals surface area contributed by atoms with Crippen molar-refractivity contribution in [1.29, 1.82) is 0 Å². The van der Waals surface area contributed by atoms with Crippen LogP contribution in [0.3, 0.4) is 0 Å². The Bertz CT molecular complexity index is 646. The standard InChI is InChI=1S/C24H36F2O5/c1-4-6-15-24(25,26)22(27)14-13-19-18-11-9-7-8-10-12-23(28)31-21(18)16-20(19)30-17(3)29-5-2/h7,9,13-14,17-21H,4-6,8,10-12,15-16H2,1-3H3. The van der Waals surface area contributed by atoms with Crippen LogP contribution in [0, 0.1) is 11.8 Å². The Balaban J connectivity index is 2.23. The van der Waals surface area contributed by atoms with Crippen LogP contribution in [0.4, 0.5) is 8.78 Å². The molecule has 1 aliphatic carbocycles. The Morgan fingerprint density at radius 3 is 2.84 bits per heavy atom. The van der Waals surface area contributed by atoms with Crippen LogP contribution in [0.15, 0.2) is 24.3 Å². The lowest BCUT2D eigenvalue weighted by molar-refractivity contribution is -0.164. The molecule has 7 heteroatoms. The first-order chi connectivity index (χ1) is 14.8. The summed E-state index contributed by atoms with van der Waals surface area (Å²) in [7, 11) is 0. The average Bonchev–Trinajstić information content (AvgIpc) is 3.03. The van der Waals surface area contributed by atoms with Gasteiger partial charge in [0.05, 0.1) is 6.10 Å². The Kier molecular flexibility index (Phi) is 10.3. The number of halogens is 2. The van der Waals surface area contributed by atoms with Crippen LogP contribution in [0.2, 0.25) is 0 Å². The highest BCUT2D eigenvalue weighted by atomic mass is 19.3. The van der Waals surface area contributed by atoms with Crippen molar-refractivity contribution in [2.45, 2.75) is 96.6 Å². The first-order valence-corrected chi connectivity index (χ1v) is 11.5. The number of rotatable bonds is 10. The van der Waals surface area contributed by atoms with Gasteiger partial charge in [0, 0.05) is 37.7 Å². The molecule has 5 nitrogen and oxygen atoms in total. The average molecular weight is 443 g/mol. The lowest BCUT2D eigenvalue weighted by atomic mass is 9.89. The van der Waals surface area contributed by atoms with Gasteiger partial charge in [0.2, 0.25) is 5.78 Å². The zero-order chi connectivity index (χ0) is 22.9. The second-order valence-electron chi connectivity index (χ2n) is 8.33. The largest absolute Gasteiger partial charge is 0.462 e. The highest BCUT2D eigenvalue weighted by Crippen LogP contribution is 2.41. The summed E-state index contributed by atoms with van der Waals surface area (Å²) >= 11 is 0. The van der Waals surface area contributed by atoms with E-state index >= 15 is 0 Å². The van der Waals surface area contributed by atoms with Gasteiger partial charge in [-0.2, -0.15) is 8.78 Å². The quantitative estimate of drug-likeness (QED) is 0.197. The van der Waals surface area contributed by atoms with Gasteiger partial charge in [-0.15, -0.1) is 0 Å². The summed E-state index contributed by atoms with van der Waals surface area (Å²) in [6.07, 6.45) is 8.70. The third-order valence-electron chi connectivity index (χ3n) is 5.92. The van der Waals surface area contributed by atoms with E-state index < -0.39 is 30.5 Å². The molecular formula is C24H36F2O5. The molecule has 0 spiro atoms. The number of esters is 1. The normalized spacial score (nSPS) is 28.4. The topological polar surface area (TPSA) is 61.8 Å². The number of ether oxygens (including phenoxy) is 3. The van der Waals surface area contributed by atoms with Crippen molar-refractivity contribution in [3.05, 3.63) is 24.3 Å². The van der Waals surface area contributed by atoms with Crippen molar-refractivity contribution in [2.24, 2.45) is 11.8 Å². The molecule has 0 aromatic carbocycles. The van der Waals surface area contributed by atoms with Crippen molar-refractivity contribution in [1.82, 2.24) is 0 Å². The van der Waals surface area contributed by atoms with Gasteiger partial charge >= 0.3 is 11.9 Å². The van der Waals surface area contributed by atoms with Gasteiger partial charge in [0.25, 0.3) is 0 Å². The predicted molar refractivity (Wildman–Crippen MR) is 114 cm³/mol. The number of carbonyl (C=O) groups is 2. The third-order valence-corrected chi connectivity index (χ3v) is 5.92. The second kappa shape index (κ2) is 12.4. The molecule has 1 saturated carbocycles. The number of alkyl halides is 2. The molecule has 0 saturated heterocycles. The van der Waals surface area contributed by atoms with Crippen LogP contribution in [-0.4, -0.2) is 42.8 Å². The van der Waals surface area contributed by atoms with E-state index in [0.717, 1.165) is 18.9 Å². The molecule has 31 heavy (non-hydrogen) atoms. The van der Waals surface area contributed by atoms with E-state index in [9.17, 15) is 18.4 Å². The fraction of sp³-hybridized carbons (Fsp3) is 0.750. The fourth-order valence-electron chi connectivity index (χ4n) is 4.27. The molecule has 0 radical (unpaired) electrons. The van der Waals surface area contributed by atoms with Gasteiger partial charge in [-0.05, 0) is 45.6 Å². The highest BCUT2D eigenvalue weighted by Gasteiger charge is 2.45. The number of allylic oxidation sites excluding steroid dienone is 3. The van der Waals surface area contributed by atoms with E-state index in [0.29, 0.717) is 38.7 Å². The third kappa shape index (κ3) is 7.79. The Labute approximate surface area is 184 Å². The van der Waals surface area contributed by atoms with Crippen LogP contribution >= 0.6 is 0 Å². The summed E-state index contributed by atoms with van der Waals surface area (Å²) in [5.41, 5.74) is 0. The zero-order valence-corrected chi connectivity index (χ0v) is 18.9. The minimum absolute atomic E-state index is 0.148. The molecule has 176 valence electrons. The summed E-state index contributed by atoms with van der Waals surface area (Å²) in [5.74, 6) is -5.30. The Hall–Kier alpha value is -1.60. The van der Waals surface area contributed by atoms with Crippen LogP contribution in [-0.2, 0) is 23.8 Å². The molecule has 5 unspecified atom stereocenters. The lowest BCUT2D eigenvalue weighted by Gasteiger charge is -2.25. The summed E-state index contributed by atoms with van der Waals surface area (Å²) in [6, 6.07) is 0. The molecule has 5 atom stereocenters. The smallest absolute Gasteiger partial charge is 0.309 e. The first kappa shape index (κ1) is 25.7. The number of hydrogen-bond donors (Lipinski definition) is 0. The summed E-state index contributed by atoms with van der Waals surface area (Å²) < 4.78 is 45.5. The molecule has 0 aromatic heterocycles. The van der Waals surface area contributed by atoms with E-state index in [-0.39, 0.29) is 23.9 Å². The van der Waals surface area contributed by atoms with E-state index in [2.05, 4.69) is 0 Å². The van der Waals surface area contributed by atoms with Crippen LogP contribution in [0.25, 0.3) is 0 Å². The van der Waals surface area contributed by atoms with Crippen LogP contribution in [0.1, 0.15) is 72.1 Å². The maximum atomic E-state index is 14.2. The van der Waals surface area contributed by atoms with Crippen molar-refractivity contribution >= 4 is 11.8 Å². The van der Waals surface area contributed by atoms with Crippen LogP contribution < -0.4 is 0 Å². The van der Waals surface area contributed by atoms with Gasteiger partial charge < -0.3 is 14.2 Å². The van der Waals surface area contributed by atoms with E-state index in [4.69, 9.17) is 14.2 Å². The maximum absolute atomic E-state index is 14.2. The van der Waals surface area contributed by atoms with E-state index in [1.807, 2.05) is 26.0 Å². The molecule has 1 aliphatic heterocycles. The molecule has 2 rings (SSSR count). The van der Waals surface area contributed by atoms with Crippen molar-refractivity contribution in [3.8, 4) is 0 Å². The maximum Gasteiger partial charge on any atom is 0.309 e. The number of carbonyl (C=O) groups excluding carboxylic acids is 2. The summed E-state index contributed by atoms with van der Waals surface area (Å²) in [4.78, 5) is 24.4.